The van der Waals surface area contributed by atoms with E-state index in [0.29, 0.717) is 5.92 Å². The van der Waals surface area contributed by atoms with Crippen LogP contribution in [0, 0.1) is 6.92 Å². The molecule has 0 amide bonds. The Kier molecular flexibility index (Phi) is 4.55. The van der Waals surface area contributed by atoms with Gasteiger partial charge in [-0.05, 0) is 58.7 Å². The minimum atomic E-state index is 0.559. The van der Waals surface area contributed by atoms with Crippen molar-refractivity contribution in [1.82, 2.24) is 20.2 Å². The average molecular weight is 288 g/mol. The lowest BCUT2D eigenvalue weighted by Crippen LogP contribution is -2.39. The number of hydrogen-bond acceptors (Lipinski definition) is 4. The number of fused-ring (bicyclic) bond motifs is 2. The summed E-state index contributed by atoms with van der Waals surface area (Å²) in [6.45, 7) is 6.20. The van der Waals surface area contributed by atoms with Gasteiger partial charge < -0.3 is 10.2 Å². The van der Waals surface area contributed by atoms with Crippen molar-refractivity contribution in [2.45, 2.75) is 70.5 Å². The van der Waals surface area contributed by atoms with Crippen molar-refractivity contribution in [3.8, 4) is 0 Å². The lowest BCUT2D eigenvalue weighted by molar-refractivity contribution is 0.158. The normalized spacial score (nSPS) is 29.0. The molecule has 2 fully saturated rings. The molecular weight excluding hydrogens is 260 g/mol. The summed E-state index contributed by atoms with van der Waals surface area (Å²) >= 11 is 0. The van der Waals surface area contributed by atoms with E-state index in [-0.39, 0.29) is 0 Å². The fourth-order valence-electron chi connectivity index (χ4n) is 3.95. The SMILES string of the molecule is CCCNCc1cc(C)nc(C2CC3CCC(C2)N3C)n1. The maximum Gasteiger partial charge on any atom is 0.132 e. The molecule has 0 spiro atoms. The zero-order valence-electron chi connectivity index (χ0n) is 13.6. The second-order valence-corrected chi connectivity index (χ2v) is 6.75. The third-order valence-corrected chi connectivity index (χ3v) is 5.12. The molecule has 0 aliphatic carbocycles. The molecule has 4 nitrogen and oxygen atoms in total. The van der Waals surface area contributed by atoms with Crippen molar-refractivity contribution in [3.63, 3.8) is 0 Å². The van der Waals surface area contributed by atoms with E-state index in [9.17, 15) is 0 Å². The smallest absolute Gasteiger partial charge is 0.132 e. The fraction of sp³-hybridized carbons (Fsp3) is 0.765. The van der Waals surface area contributed by atoms with E-state index in [1.165, 1.54) is 25.7 Å². The summed E-state index contributed by atoms with van der Waals surface area (Å²) in [5.74, 6) is 1.65. The van der Waals surface area contributed by atoms with Crippen LogP contribution in [0.15, 0.2) is 6.07 Å². The second-order valence-electron chi connectivity index (χ2n) is 6.75. The minimum Gasteiger partial charge on any atom is -0.311 e. The third-order valence-electron chi connectivity index (χ3n) is 5.12. The highest BCUT2D eigenvalue weighted by molar-refractivity contribution is 5.14. The first-order valence-corrected chi connectivity index (χ1v) is 8.44. The van der Waals surface area contributed by atoms with Gasteiger partial charge in [0.05, 0.1) is 5.69 Å². The van der Waals surface area contributed by atoms with Crippen LogP contribution in [0.25, 0.3) is 0 Å². The Balaban J connectivity index is 1.73. The molecule has 2 atom stereocenters. The molecule has 0 radical (unpaired) electrons. The maximum absolute atomic E-state index is 4.86. The number of piperidine rings is 1. The fourth-order valence-corrected chi connectivity index (χ4v) is 3.95. The maximum atomic E-state index is 4.86. The molecule has 3 rings (SSSR count). The molecule has 2 saturated heterocycles. The van der Waals surface area contributed by atoms with Gasteiger partial charge in [-0.25, -0.2) is 9.97 Å². The van der Waals surface area contributed by atoms with Crippen LogP contribution < -0.4 is 5.32 Å². The molecule has 1 aromatic heterocycles. The van der Waals surface area contributed by atoms with Gasteiger partial charge in [-0.1, -0.05) is 6.92 Å². The van der Waals surface area contributed by atoms with Crippen LogP contribution >= 0.6 is 0 Å². The zero-order valence-corrected chi connectivity index (χ0v) is 13.6. The van der Waals surface area contributed by atoms with Gasteiger partial charge in [0.2, 0.25) is 0 Å². The number of aryl methyl sites for hydroxylation is 1. The Morgan fingerprint density at radius 2 is 1.95 bits per heavy atom. The molecule has 0 saturated carbocycles. The van der Waals surface area contributed by atoms with Gasteiger partial charge in [0.1, 0.15) is 5.82 Å². The van der Waals surface area contributed by atoms with Crippen molar-refractivity contribution in [2.75, 3.05) is 13.6 Å². The summed E-state index contributed by atoms with van der Waals surface area (Å²) < 4.78 is 0. The Hall–Kier alpha value is -1.00. The molecule has 116 valence electrons. The van der Waals surface area contributed by atoms with E-state index in [4.69, 9.17) is 9.97 Å². The van der Waals surface area contributed by atoms with Gasteiger partial charge in [-0.3, -0.25) is 0 Å². The highest BCUT2D eigenvalue weighted by Gasteiger charge is 2.39. The lowest BCUT2D eigenvalue weighted by Gasteiger charge is -2.35. The number of aromatic nitrogens is 2. The Morgan fingerprint density at radius 1 is 1.24 bits per heavy atom. The van der Waals surface area contributed by atoms with Crippen LogP contribution in [-0.2, 0) is 6.54 Å². The zero-order chi connectivity index (χ0) is 14.8. The Bertz CT molecular complexity index is 474. The van der Waals surface area contributed by atoms with Gasteiger partial charge in [0, 0.05) is 30.2 Å². The standard InChI is InChI=1S/C17H28N4/c1-4-7-18-11-14-8-12(2)19-17(20-14)13-9-15-5-6-16(10-13)21(15)3/h8,13,15-16,18H,4-7,9-11H2,1-3H3. The van der Waals surface area contributed by atoms with Crippen molar-refractivity contribution < 1.29 is 0 Å². The van der Waals surface area contributed by atoms with Crippen molar-refractivity contribution >= 4 is 0 Å². The quantitative estimate of drug-likeness (QED) is 0.846. The first kappa shape index (κ1) is 14.9. The summed E-state index contributed by atoms with van der Waals surface area (Å²) in [6.07, 6.45) is 6.34. The van der Waals surface area contributed by atoms with Crippen molar-refractivity contribution in [2.24, 2.45) is 0 Å². The molecule has 2 aliphatic rings. The minimum absolute atomic E-state index is 0.559. The van der Waals surface area contributed by atoms with Crippen molar-refractivity contribution in [3.05, 3.63) is 23.3 Å². The molecule has 1 N–H and O–H groups in total. The van der Waals surface area contributed by atoms with Gasteiger partial charge in [0.15, 0.2) is 0 Å². The predicted octanol–water partition coefficient (Wildman–Crippen LogP) is 2.62. The molecule has 21 heavy (non-hydrogen) atoms. The number of rotatable bonds is 5. The summed E-state index contributed by atoms with van der Waals surface area (Å²) in [5.41, 5.74) is 2.26. The third kappa shape index (κ3) is 3.27. The van der Waals surface area contributed by atoms with Crippen LogP contribution in [0.2, 0.25) is 0 Å². The molecular formula is C17H28N4. The van der Waals surface area contributed by atoms with E-state index in [2.05, 4.69) is 37.2 Å². The lowest BCUT2D eigenvalue weighted by atomic mass is 9.90. The molecule has 1 aromatic rings. The Morgan fingerprint density at radius 3 is 2.62 bits per heavy atom. The van der Waals surface area contributed by atoms with Crippen molar-refractivity contribution in [1.29, 1.82) is 0 Å². The van der Waals surface area contributed by atoms with Crippen LogP contribution in [0.4, 0.5) is 0 Å². The topological polar surface area (TPSA) is 41.1 Å². The van der Waals surface area contributed by atoms with Crippen LogP contribution in [0.5, 0.6) is 0 Å². The molecule has 2 bridgehead atoms. The van der Waals surface area contributed by atoms with Crippen LogP contribution in [-0.4, -0.2) is 40.5 Å². The summed E-state index contributed by atoms with van der Waals surface area (Å²) in [6, 6.07) is 3.62. The van der Waals surface area contributed by atoms with Gasteiger partial charge in [-0.2, -0.15) is 0 Å². The molecule has 0 aromatic carbocycles. The summed E-state index contributed by atoms with van der Waals surface area (Å²) in [5, 5.41) is 3.45. The van der Waals surface area contributed by atoms with E-state index in [1.807, 2.05) is 0 Å². The largest absolute Gasteiger partial charge is 0.311 e. The second kappa shape index (κ2) is 6.41. The highest BCUT2D eigenvalue weighted by Crippen LogP contribution is 2.41. The predicted molar refractivity (Wildman–Crippen MR) is 85.3 cm³/mol. The summed E-state index contributed by atoms with van der Waals surface area (Å²) in [7, 11) is 2.29. The first-order valence-electron chi connectivity index (χ1n) is 8.44. The first-order chi connectivity index (χ1) is 10.2. The highest BCUT2D eigenvalue weighted by atomic mass is 15.2. The monoisotopic (exact) mass is 288 g/mol. The number of hydrogen-bond donors (Lipinski definition) is 1. The van der Waals surface area contributed by atoms with Gasteiger partial charge in [0.25, 0.3) is 0 Å². The Labute approximate surface area is 128 Å². The average Bonchev–Trinajstić information content (AvgIpc) is 2.69. The molecule has 3 heterocycles. The number of nitrogens with zero attached hydrogens (tertiary/aromatic N) is 3. The van der Waals surface area contributed by atoms with Crippen LogP contribution in [0.3, 0.4) is 0 Å². The summed E-state index contributed by atoms with van der Waals surface area (Å²) in [4.78, 5) is 12.2. The van der Waals surface area contributed by atoms with E-state index < -0.39 is 0 Å². The van der Waals surface area contributed by atoms with E-state index in [1.54, 1.807) is 0 Å². The van der Waals surface area contributed by atoms with E-state index in [0.717, 1.165) is 48.8 Å². The van der Waals surface area contributed by atoms with E-state index >= 15 is 0 Å². The molecule has 4 heteroatoms. The van der Waals surface area contributed by atoms with Crippen LogP contribution in [0.1, 0.15) is 62.2 Å². The molecule has 2 unspecified atom stereocenters. The number of nitrogens with one attached hydrogen (secondary N) is 1. The van der Waals surface area contributed by atoms with Gasteiger partial charge >= 0.3 is 0 Å². The van der Waals surface area contributed by atoms with Gasteiger partial charge in [-0.15, -0.1) is 0 Å². The molecule has 2 aliphatic heterocycles.